The second-order valence-corrected chi connectivity index (χ2v) is 11.0. The highest BCUT2D eigenvalue weighted by molar-refractivity contribution is 5.78. The number of hydrogen-bond acceptors (Lipinski definition) is 8. The van der Waals surface area contributed by atoms with Gasteiger partial charge in [-0.1, -0.05) is 0 Å². The van der Waals surface area contributed by atoms with Crippen LogP contribution in [0.1, 0.15) is 25.7 Å². The Morgan fingerprint density at radius 1 is 1.05 bits per heavy atom. The van der Waals surface area contributed by atoms with E-state index >= 15 is 0 Å². The number of anilines is 3. The van der Waals surface area contributed by atoms with Gasteiger partial charge in [-0.2, -0.15) is 23.3 Å². The van der Waals surface area contributed by atoms with E-state index in [2.05, 4.69) is 25.3 Å². The number of pyridine rings is 1. The number of halogens is 3. The first-order chi connectivity index (χ1) is 19.6. The second kappa shape index (κ2) is 10.8. The Morgan fingerprint density at radius 3 is 2.49 bits per heavy atom. The molecule has 0 saturated carbocycles. The van der Waals surface area contributed by atoms with Crippen molar-refractivity contribution in [1.29, 1.82) is 0 Å². The molecule has 3 fully saturated rings. The fourth-order valence-corrected chi connectivity index (χ4v) is 5.99. The second-order valence-electron chi connectivity index (χ2n) is 11.0. The first-order valence-electron chi connectivity index (χ1n) is 13.9. The molecule has 220 valence electrons. The molecule has 6 rings (SSSR count). The van der Waals surface area contributed by atoms with Crippen molar-refractivity contribution in [3.8, 4) is 0 Å². The standard InChI is InChI=1S/C26H33F3N10O2/c1-34-9-11-35(12-10-34)23(41)17-37-14-18(13-30-37)31-25-32-24-21(3-2-8-38(24)33-25)39-19-4-5-20(39)16-36(15-19)22(40)6-7-26(27,28)29/h2-3,8,13-14,19-20H,4-7,9-12,15-17H2,1H3,(H,31,33). The molecular weight excluding hydrogens is 541 g/mol. The normalized spacial score (nSPS) is 21.6. The Labute approximate surface area is 234 Å². The molecule has 41 heavy (non-hydrogen) atoms. The Morgan fingerprint density at radius 2 is 1.78 bits per heavy atom. The quantitative estimate of drug-likeness (QED) is 0.457. The molecule has 0 spiro atoms. The summed E-state index contributed by atoms with van der Waals surface area (Å²) in [5.74, 6) is -0.0486. The minimum Gasteiger partial charge on any atom is -0.359 e. The summed E-state index contributed by atoms with van der Waals surface area (Å²) in [5.41, 5.74) is 2.16. The minimum atomic E-state index is -4.34. The fraction of sp³-hybridized carbons (Fsp3) is 0.577. The van der Waals surface area contributed by atoms with Gasteiger partial charge >= 0.3 is 6.18 Å². The van der Waals surface area contributed by atoms with Crippen LogP contribution in [0.4, 0.5) is 30.5 Å². The number of likely N-dealkylation sites (N-methyl/N-ethyl adjacent to an activating group) is 1. The molecule has 2 bridgehead atoms. The largest absolute Gasteiger partial charge is 0.389 e. The van der Waals surface area contributed by atoms with Crippen molar-refractivity contribution in [2.45, 2.75) is 50.5 Å². The highest BCUT2D eigenvalue weighted by atomic mass is 19.4. The predicted octanol–water partition coefficient (Wildman–Crippen LogP) is 1.97. The van der Waals surface area contributed by atoms with Crippen LogP contribution < -0.4 is 10.2 Å². The topological polar surface area (TPSA) is 107 Å². The lowest BCUT2D eigenvalue weighted by atomic mass is 10.1. The fourth-order valence-electron chi connectivity index (χ4n) is 5.99. The summed E-state index contributed by atoms with van der Waals surface area (Å²) in [4.78, 5) is 37.7. The highest BCUT2D eigenvalue weighted by Gasteiger charge is 2.42. The van der Waals surface area contributed by atoms with E-state index in [-0.39, 0.29) is 24.5 Å². The summed E-state index contributed by atoms with van der Waals surface area (Å²) >= 11 is 0. The molecule has 3 aromatic rings. The molecule has 3 aliphatic rings. The Balaban J connectivity index is 1.12. The van der Waals surface area contributed by atoms with Gasteiger partial charge in [-0.25, -0.2) is 4.52 Å². The lowest BCUT2D eigenvalue weighted by Gasteiger charge is -2.42. The molecule has 0 aromatic carbocycles. The SMILES string of the molecule is CN1CCN(C(=O)Cn2cc(Nc3nc4c(N5C6CCC5CN(C(=O)CCC(F)(F)F)C6)cccn4n3)cn2)CC1. The highest BCUT2D eigenvalue weighted by Crippen LogP contribution is 2.37. The van der Waals surface area contributed by atoms with Crippen LogP contribution in [0.2, 0.25) is 0 Å². The van der Waals surface area contributed by atoms with Crippen molar-refractivity contribution in [2.24, 2.45) is 0 Å². The summed E-state index contributed by atoms with van der Waals surface area (Å²) in [7, 11) is 2.04. The van der Waals surface area contributed by atoms with Gasteiger partial charge in [0, 0.05) is 70.2 Å². The molecule has 2 atom stereocenters. The number of nitrogens with zero attached hydrogens (tertiary/aromatic N) is 9. The van der Waals surface area contributed by atoms with E-state index in [1.165, 1.54) is 0 Å². The van der Waals surface area contributed by atoms with Crippen molar-refractivity contribution >= 4 is 34.8 Å². The van der Waals surface area contributed by atoms with Gasteiger partial charge in [-0.3, -0.25) is 14.3 Å². The van der Waals surface area contributed by atoms with Crippen LogP contribution in [-0.2, 0) is 16.1 Å². The van der Waals surface area contributed by atoms with Crippen LogP contribution in [0.3, 0.4) is 0 Å². The Kier molecular flexibility index (Phi) is 7.21. The van der Waals surface area contributed by atoms with Crippen LogP contribution >= 0.6 is 0 Å². The number of alkyl halides is 3. The smallest absolute Gasteiger partial charge is 0.359 e. The zero-order chi connectivity index (χ0) is 28.7. The summed E-state index contributed by atoms with van der Waals surface area (Å²) in [5, 5.41) is 12.0. The van der Waals surface area contributed by atoms with Gasteiger partial charge in [0.1, 0.15) is 6.54 Å². The van der Waals surface area contributed by atoms with Crippen molar-refractivity contribution in [3.05, 3.63) is 30.7 Å². The minimum absolute atomic E-state index is 0.000955. The van der Waals surface area contributed by atoms with E-state index in [0.717, 1.165) is 31.6 Å². The number of fused-ring (bicyclic) bond motifs is 3. The number of rotatable bonds is 7. The van der Waals surface area contributed by atoms with Crippen LogP contribution in [0.25, 0.3) is 5.65 Å². The van der Waals surface area contributed by atoms with E-state index in [1.807, 2.05) is 24.1 Å². The van der Waals surface area contributed by atoms with Crippen LogP contribution in [0, 0.1) is 0 Å². The van der Waals surface area contributed by atoms with E-state index in [9.17, 15) is 22.8 Å². The first-order valence-corrected chi connectivity index (χ1v) is 13.9. The van der Waals surface area contributed by atoms with Crippen LogP contribution in [0.5, 0.6) is 0 Å². The molecule has 15 heteroatoms. The molecule has 6 heterocycles. The molecule has 2 unspecified atom stereocenters. The molecule has 3 aliphatic heterocycles. The number of aromatic nitrogens is 5. The van der Waals surface area contributed by atoms with E-state index in [1.54, 1.807) is 32.7 Å². The monoisotopic (exact) mass is 574 g/mol. The van der Waals surface area contributed by atoms with Crippen LogP contribution in [-0.4, -0.2) is 115 Å². The summed E-state index contributed by atoms with van der Waals surface area (Å²) in [6.45, 7) is 4.06. The van der Waals surface area contributed by atoms with E-state index in [0.29, 0.717) is 43.5 Å². The predicted molar refractivity (Wildman–Crippen MR) is 144 cm³/mol. The number of piperazine rings is 2. The summed E-state index contributed by atoms with van der Waals surface area (Å²) in [6, 6.07) is 3.84. The Bertz CT molecular complexity index is 1400. The van der Waals surface area contributed by atoms with Crippen molar-refractivity contribution in [2.75, 3.05) is 56.5 Å². The number of carbonyl (C=O) groups is 2. The molecule has 2 amide bonds. The van der Waals surface area contributed by atoms with Crippen molar-refractivity contribution in [3.63, 3.8) is 0 Å². The van der Waals surface area contributed by atoms with Gasteiger partial charge in [-0.05, 0) is 32.0 Å². The lowest BCUT2D eigenvalue weighted by Crippen LogP contribution is -2.55. The van der Waals surface area contributed by atoms with Gasteiger partial charge in [0.05, 0.1) is 24.0 Å². The number of nitrogens with one attached hydrogen (secondary N) is 1. The maximum Gasteiger partial charge on any atom is 0.389 e. The number of hydrogen-bond donors (Lipinski definition) is 1. The molecule has 12 nitrogen and oxygen atoms in total. The van der Waals surface area contributed by atoms with Gasteiger partial charge in [0.15, 0.2) is 5.65 Å². The van der Waals surface area contributed by atoms with Crippen molar-refractivity contribution in [1.82, 2.24) is 39.1 Å². The van der Waals surface area contributed by atoms with Gasteiger partial charge in [-0.15, -0.1) is 5.10 Å². The third kappa shape index (κ3) is 5.94. The molecule has 1 N–H and O–H groups in total. The van der Waals surface area contributed by atoms with E-state index in [4.69, 9.17) is 4.98 Å². The van der Waals surface area contributed by atoms with Gasteiger partial charge < -0.3 is 24.9 Å². The average Bonchev–Trinajstić information content (AvgIpc) is 3.62. The zero-order valence-electron chi connectivity index (χ0n) is 22.8. The van der Waals surface area contributed by atoms with Crippen LogP contribution in [0.15, 0.2) is 30.7 Å². The molecule has 3 aromatic heterocycles. The Hall–Kier alpha value is -3.88. The molecule has 3 saturated heterocycles. The van der Waals surface area contributed by atoms with E-state index < -0.39 is 24.9 Å². The first kappa shape index (κ1) is 27.3. The maximum atomic E-state index is 12.7. The number of likely N-dealkylation sites (tertiary alicyclic amines) is 1. The maximum absolute atomic E-state index is 12.7. The summed E-state index contributed by atoms with van der Waals surface area (Å²) in [6.07, 6.45) is 0.912. The lowest BCUT2D eigenvalue weighted by molar-refractivity contribution is -0.149. The van der Waals surface area contributed by atoms with Crippen molar-refractivity contribution < 1.29 is 22.8 Å². The summed E-state index contributed by atoms with van der Waals surface area (Å²) < 4.78 is 41.2. The molecular formula is C26H33F3N10O2. The van der Waals surface area contributed by atoms with Gasteiger partial charge in [0.2, 0.25) is 17.8 Å². The number of amides is 2. The number of carbonyl (C=O) groups excluding carboxylic acids is 2. The molecule has 0 radical (unpaired) electrons. The third-order valence-corrected chi connectivity index (χ3v) is 8.12. The third-order valence-electron chi connectivity index (χ3n) is 8.12. The average molecular weight is 575 g/mol. The zero-order valence-corrected chi connectivity index (χ0v) is 22.8. The molecule has 0 aliphatic carbocycles. The van der Waals surface area contributed by atoms with Gasteiger partial charge in [0.25, 0.3) is 0 Å².